The maximum absolute atomic E-state index is 13.5. The lowest BCUT2D eigenvalue weighted by Gasteiger charge is -2.20. The summed E-state index contributed by atoms with van der Waals surface area (Å²) in [6.45, 7) is 8.14. The molecule has 0 radical (unpaired) electrons. The summed E-state index contributed by atoms with van der Waals surface area (Å²) < 4.78 is 14.0. The van der Waals surface area contributed by atoms with E-state index in [0.29, 0.717) is 4.47 Å². The Bertz CT molecular complexity index is 617. The van der Waals surface area contributed by atoms with E-state index in [2.05, 4.69) is 46.1 Å². The number of anilines is 1. The third-order valence-electron chi connectivity index (χ3n) is 3.32. The molecule has 0 saturated heterocycles. The molecule has 4 heteroatoms. The predicted octanol–water partition coefficient (Wildman–Crippen LogP) is 5.08. The van der Waals surface area contributed by atoms with Crippen molar-refractivity contribution < 1.29 is 4.39 Å². The van der Waals surface area contributed by atoms with Gasteiger partial charge in [0.1, 0.15) is 5.82 Å². The van der Waals surface area contributed by atoms with Gasteiger partial charge >= 0.3 is 0 Å². The minimum absolute atomic E-state index is 0.0728. The number of benzene rings is 1. The summed E-state index contributed by atoms with van der Waals surface area (Å²) >= 11 is 3.16. The van der Waals surface area contributed by atoms with Crippen LogP contribution in [-0.4, -0.2) is 4.98 Å². The van der Waals surface area contributed by atoms with Crippen LogP contribution in [0.15, 0.2) is 28.7 Å². The van der Waals surface area contributed by atoms with Gasteiger partial charge in [0.05, 0.1) is 10.5 Å². The second-order valence-electron chi connectivity index (χ2n) is 5.07. The molecule has 0 aliphatic rings. The summed E-state index contributed by atoms with van der Waals surface area (Å²) in [7, 11) is 0. The molecule has 0 amide bonds. The molecule has 0 saturated carbocycles. The molecule has 0 fully saturated rings. The average molecular weight is 337 g/mol. The maximum Gasteiger partial charge on any atom is 0.139 e. The van der Waals surface area contributed by atoms with Gasteiger partial charge in [-0.05, 0) is 79.0 Å². The topological polar surface area (TPSA) is 24.9 Å². The number of pyridine rings is 1. The maximum atomic E-state index is 13.5. The Hall–Kier alpha value is -1.42. The minimum Gasteiger partial charge on any atom is -0.378 e. The lowest BCUT2D eigenvalue weighted by atomic mass is 10.00. The number of aryl methyl sites for hydroxylation is 3. The molecule has 1 unspecified atom stereocenters. The molecule has 20 heavy (non-hydrogen) atoms. The number of nitrogens with zero attached hydrogens (tertiary/aromatic N) is 1. The fourth-order valence-electron chi connectivity index (χ4n) is 2.60. The van der Waals surface area contributed by atoms with Crippen LogP contribution in [0, 0.1) is 26.6 Å². The zero-order chi connectivity index (χ0) is 14.9. The molecule has 106 valence electrons. The summed E-state index contributed by atoms with van der Waals surface area (Å²) in [5.74, 6) is -0.266. The number of aromatic nitrogens is 1. The highest BCUT2D eigenvalue weighted by atomic mass is 79.9. The quantitative estimate of drug-likeness (QED) is 0.845. The van der Waals surface area contributed by atoms with Crippen LogP contribution >= 0.6 is 15.9 Å². The zero-order valence-corrected chi connectivity index (χ0v) is 13.7. The molecule has 0 bridgehead atoms. The Labute approximate surface area is 127 Å². The first-order valence-corrected chi connectivity index (χ1v) is 7.34. The number of nitrogens with one attached hydrogen (secondary N) is 1. The summed E-state index contributed by atoms with van der Waals surface area (Å²) in [5, 5.41) is 3.33. The molecule has 2 rings (SSSR count). The third kappa shape index (κ3) is 3.18. The van der Waals surface area contributed by atoms with Gasteiger partial charge in [-0.15, -0.1) is 0 Å². The zero-order valence-electron chi connectivity index (χ0n) is 12.1. The van der Waals surface area contributed by atoms with Crippen LogP contribution in [-0.2, 0) is 0 Å². The van der Waals surface area contributed by atoms with Gasteiger partial charge < -0.3 is 5.32 Å². The van der Waals surface area contributed by atoms with E-state index in [4.69, 9.17) is 0 Å². The standard InChI is InChI=1S/C16H18BrFN2/c1-9-7-10(2)19-11(3)16(9)12(4)20-13-5-6-14(17)15(18)8-13/h5-8,12,20H,1-4H3. The Balaban J connectivity index is 2.28. The fraction of sp³-hybridized carbons (Fsp3) is 0.312. The summed E-state index contributed by atoms with van der Waals surface area (Å²) in [5.41, 5.74) is 5.16. The van der Waals surface area contributed by atoms with Gasteiger partial charge in [-0.3, -0.25) is 4.98 Å². The van der Waals surface area contributed by atoms with Crippen LogP contribution < -0.4 is 5.32 Å². The van der Waals surface area contributed by atoms with E-state index in [9.17, 15) is 4.39 Å². The van der Waals surface area contributed by atoms with E-state index in [1.54, 1.807) is 6.07 Å². The largest absolute Gasteiger partial charge is 0.378 e. The van der Waals surface area contributed by atoms with Crippen molar-refractivity contribution in [1.29, 1.82) is 0 Å². The van der Waals surface area contributed by atoms with Gasteiger partial charge in [0.15, 0.2) is 0 Å². The molecule has 1 atom stereocenters. The van der Waals surface area contributed by atoms with Crippen molar-refractivity contribution >= 4 is 21.6 Å². The highest BCUT2D eigenvalue weighted by Gasteiger charge is 2.13. The van der Waals surface area contributed by atoms with Crippen molar-refractivity contribution in [3.63, 3.8) is 0 Å². The fourth-order valence-corrected chi connectivity index (χ4v) is 2.84. The van der Waals surface area contributed by atoms with Crippen LogP contribution in [0.1, 0.15) is 35.5 Å². The first kappa shape index (κ1) is 15.0. The van der Waals surface area contributed by atoms with Crippen LogP contribution in [0.2, 0.25) is 0 Å². The van der Waals surface area contributed by atoms with Gasteiger partial charge in [-0.2, -0.15) is 0 Å². The van der Waals surface area contributed by atoms with Crippen LogP contribution in [0.4, 0.5) is 10.1 Å². The van der Waals surface area contributed by atoms with Gasteiger partial charge in [-0.1, -0.05) is 0 Å². The Morgan fingerprint density at radius 3 is 2.50 bits per heavy atom. The van der Waals surface area contributed by atoms with Crippen molar-refractivity contribution in [1.82, 2.24) is 4.98 Å². The van der Waals surface area contributed by atoms with Gasteiger partial charge in [0.25, 0.3) is 0 Å². The van der Waals surface area contributed by atoms with Crippen LogP contribution in [0.5, 0.6) is 0 Å². The van der Waals surface area contributed by atoms with E-state index in [1.807, 2.05) is 19.9 Å². The van der Waals surface area contributed by atoms with Crippen molar-refractivity contribution in [2.24, 2.45) is 0 Å². The van der Waals surface area contributed by atoms with E-state index in [1.165, 1.54) is 17.2 Å². The third-order valence-corrected chi connectivity index (χ3v) is 3.96. The van der Waals surface area contributed by atoms with Crippen molar-refractivity contribution in [2.45, 2.75) is 33.7 Å². The van der Waals surface area contributed by atoms with Gasteiger partial charge in [0.2, 0.25) is 0 Å². The number of hydrogen-bond acceptors (Lipinski definition) is 2. The summed E-state index contributed by atoms with van der Waals surface area (Å²) in [4.78, 5) is 4.51. The van der Waals surface area contributed by atoms with Crippen molar-refractivity contribution in [3.8, 4) is 0 Å². The molecular formula is C16H18BrFN2. The SMILES string of the molecule is Cc1cc(C)c(C(C)Nc2ccc(Br)c(F)c2)c(C)n1. The van der Waals surface area contributed by atoms with Gasteiger partial charge in [-0.25, -0.2) is 4.39 Å². The monoisotopic (exact) mass is 336 g/mol. The molecule has 2 nitrogen and oxygen atoms in total. The number of halogens is 2. The van der Waals surface area contributed by atoms with Crippen LogP contribution in [0.25, 0.3) is 0 Å². The van der Waals surface area contributed by atoms with E-state index >= 15 is 0 Å². The number of hydrogen-bond donors (Lipinski definition) is 1. The number of rotatable bonds is 3. The normalized spacial score (nSPS) is 12.3. The van der Waals surface area contributed by atoms with Crippen molar-refractivity contribution in [2.75, 3.05) is 5.32 Å². The average Bonchev–Trinajstić information content (AvgIpc) is 2.32. The summed E-state index contributed by atoms with van der Waals surface area (Å²) in [6, 6.07) is 7.20. The molecule has 1 aromatic carbocycles. The van der Waals surface area contributed by atoms with E-state index in [-0.39, 0.29) is 11.9 Å². The second kappa shape index (κ2) is 5.92. The van der Waals surface area contributed by atoms with Crippen molar-refractivity contribution in [3.05, 3.63) is 57.1 Å². The second-order valence-corrected chi connectivity index (χ2v) is 5.93. The molecule has 1 N–H and O–H groups in total. The lowest BCUT2D eigenvalue weighted by molar-refractivity contribution is 0.621. The Kier molecular flexibility index (Phi) is 4.43. The highest BCUT2D eigenvalue weighted by Crippen LogP contribution is 2.26. The predicted molar refractivity (Wildman–Crippen MR) is 84.6 cm³/mol. The molecule has 1 aromatic heterocycles. The van der Waals surface area contributed by atoms with Gasteiger partial charge in [0, 0.05) is 17.1 Å². The molecule has 2 aromatic rings. The Morgan fingerprint density at radius 1 is 1.20 bits per heavy atom. The molecule has 0 spiro atoms. The lowest BCUT2D eigenvalue weighted by Crippen LogP contribution is -2.11. The molecule has 1 heterocycles. The van der Waals surface area contributed by atoms with E-state index < -0.39 is 0 Å². The Morgan fingerprint density at radius 2 is 1.90 bits per heavy atom. The first-order valence-electron chi connectivity index (χ1n) is 6.55. The highest BCUT2D eigenvalue weighted by molar-refractivity contribution is 9.10. The van der Waals surface area contributed by atoms with Crippen LogP contribution in [0.3, 0.4) is 0 Å². The first-order chi connectivity index (χ1) is 9.38. The summed E-state index contributed by atoms with van der Waals surface area (Å²) in [6.07, 6.45) is 0. The molecule has 0 aliphatic heterocycles. The molecular weight excluding hydrogens is 319 g/mol. The minimum atomic E-state index is -0.266. The smallest absolute Gasteiger partial charge is 0.139 e. The van der Waals surface area contributed by atoms with E-state index in [0.717, 1.165) is 17.1 Å². The molecule has 0 aliphatic carbocycles.